The molecule has 0 amide bonds. The van der Waals surface area contributed by atoms with Gasteiger partial charge >= 0.3 is 0 Å². The minimum absolute atomic E-state index is 0.280. The number of morpholine rings is 1. The van der Waals surface area contributed by atoms with Crippen molar-refractivity contribution in [1.29, 1.82) is 0 Å². The molecule has 3 rings (SSSR count). The molecule has 1 atom stereocenters. The van der Waals surface area contributed by atoms with Gasteiger partial charge in [0, 0.05) is 13.1 Å². The maximum Gasteiger partial charge on any atom is 0.118 e. The van der Waals surface area contributed by atoms with Crippen LogP contribution in [0.3, 0.4) is 0 Å². The maximum absolute atomic E-state index is 5.49. The molecule has 23 heavy (non-hydrogen) atoms. The normalized spacial score (nSPS) is 17.3. The van der Waals surface area contributed by atoms with Crippen molar-refractivity contribution >= 4 is 6.08 Å². The average molecular weight is 309 g/mol. The summed E-state index contributed by atoms with van der Waals surface area (Å²) in [5.74, 6) is 0.884. The summed E-state index contributed by atoms with van der Waals surface area (Å²) in [6.45, 7) is 3.54. The molecule has 0 N–H and O–H groups in total. The molecule has 0 aromatic heterocycles. The fraction of sp³-hybridized carbons (Fsp3) is 0.300. The second-order valence-electron chi connectivity index (χ2n) is 5.64. The monoisotopic (exact) mass is 309 g/mol. The fourth-order valence-corrected chi connectivity index (χ4v) is 2.87. The van der Waals surface area contributed by atoms with E-state index in [2.05, 4.69) is 59.5 Å². The van der Waals surface area contributed by atoms with E-state index in [0.29, 0.717) is 0 Å². The summed E-state index contributed by atoms with van der Waals surface area (Å²) < 4.78 is 10.7. The summed E-state index contributed by atoms with van der Waals surface area (Å²) in [5, 5.41) is 0. The van der Waals surface area contributed by atoms with Crippen LogP contribution in [-0.4, -0.2) is 38.3 Å². The van der Waals surface area contributed by atoms with Gasteiger partial charge in [0.05, 0.1) is 26.4 Å². The molecule has 1 heterocycles. The number of benzene rings is 2. The molecular formula is C20H23NO2. The lowest BCUT2D eigenvalue weighted by molar-refractivity contribution is 0.0254. The van der Waals surface area contributed by atoms with Crippen LogP contribution < -0.4 is 4.74 Å². The number of hydrogen-bond donors (Lipinski definition) is 0. The topological polar surface area (TPSA) is 21.7 Å². The summed E-state index contributed by atoms with van der Waals surface area (Å²) in [7, 11) is 1.69. The molecule has 2 aromatic carbocycles. The molecule has 0 saturated carbocycles. The molecule has 0 spiro atoms. The Bertz CT molecular complexity index is 616. The van der Waals surface area contributed by atoms with Gasteiger partial charge in [-0.3, -0.25) is 4.90 Å². The second kappa shape index (κ2) is 7.95. The molecule has 0 aliphatic carbocycles. The first-order valence-corrected chi connectivity index (χ1v) is 8.06. The molecular weight excluding hydrogens is 286 g/mol. The molecule has 3 nitrogen and oxygen atoms in total. The Labute approximate surface area is 138 Å². The zero-order chi connectivity index (χ0) is 15.9. The second-order valence-corrected chi connectivity index (χ2v) is 5.64. The molecule has 1 aliphatic heterocycles. The van der Waals surface area contributed by atoms with Gasteiger partial charge in [0.2, 0.25) is 0 Å². The van der Waals surface area contributed by atoms with Crippen LogP contribution in [-0.2, 0) is 4.74 Å². The molecule has 2 aromatic rings. The predicted octanol–water partition coefficient (Wildman–Crippen LogP) is 3.78. The van der Waals surface area contributed by atoms with Crippen LogP contribution in [0.2, 0.25) is 0 Å². The highest BCUT2D eigenvalue weighted by Gasteiger charge is 2.19. The van der Waals surface area contributed by atoms with Gasteiger partial charge in [-0.05, 0) is 23.3 Å². The van der Waals surface area contributed by atoms with E-state index in [-0.39, 0.29) is 6.04 Å². The van der Waals surface area contributed by atoms with Crippen molar-refractivity contribution < 1.29 is 9.47 Å². The minimum Gasteiger partial charge on any atom is -0.497 e. The third kappa shape index (κ3) is 4.21. The lowest BCUT2D eigenvalue weighted by Gasteiger charge is -2.33. The Morgan fingerprint density at radius 2 is 1.70 bits per heavy atom. The first kappa shape index (κ1) is 15.8. The first-order chi connectivity index (χ1) is 11.4. The van der Waals surface area contributed by atoms with E-state index >= 15 is 0 Å². The van der Waals surface area contributed by atoms with Gasteiger partial charge < -0.3 is 9.47 Å². The van der Waals surface area contributed by atoms with Crippen LogP contribution in [0.5, 0.6) is 5.75 Å². The Morgan fingerprint density at radius 3 is 2.35 bits per heavy atom. The van der Waals surface area contributed by atoms with Crippen molar-refractivity contribution in [2.24, 2.45) is 0 Å². The fourth-order valence-electron chi connectivity index (χ4n) is 2.87. The quantitative estimate of drug-likeness (QED) is 0.839. The maximum atomic E-state index is 5.49. The molecule has 1 unspecified atom stereocenters. The van der Waals surface area contributed by atoms with Gasteiger partial charge in [-0.15, -0.1) is 0 Å². The Hall–Kier alpha value is -2.10. The van der Waals surface area contributed by atoms with Crippen LogP contribution in [0.15, 0.2) is 60.7 Å². The van der Waals surface area contributed by atoms with Crippen LogP contribution >= 0.6 is 0 Å². The zero-order valence-corrected chi connectivity index (χ0v) is 13.5. The Kier molecular flexibility index (Phi) is 5.46. The van der Waals surface area contributed by atoms with Crippen molar-refractivity contribution in [3.8, 4) is 5.75 Å². The van der Waals surface area contributed by atoms with Gasteiger partial charge in [-0.25, -0.2) is 0 Å². The lowest BCUT2D eigenvalue weighted by atomic mass is 10.0. The van der Waals surface area contributed by atoms with Gasteiger partial charge in [-0.1, -0.05) is 54.6 Å². The molecule has 3 heteroatoms. The highest BCUT2D eigenvalue weighted by atomic mass is 16.5. The van der Waals surface area contributed by atoms with E-state index in [1.807, 2.05) is 12.1 Å². The number of nitrogens with zero attached hydrogens (tertiary/aromatic N) is 1. The summed E-state index contributed by atoms with van der Waals surface area (Å²) in [5.41, 5.74) is 2.50. The van der Waals surface area contributed by atoms with Gasteiger partial charge in [0.25, 0.3) is 0 Å². The number of ether oxygens (including phenoxy) is 2. The molecule has 1 aliphatic rings. The van der Waals surface area contributed by atoms with Gasteiger partial charge in [-0.2, -0.15) is 0 Å². The third-order valence-corrected chi connectivity index (χ3v) is 4.17. The van der Waals surface area contributed by atoms with Crippen molar-refractivity contribution in [1.82, 2.24) is 4.90 Å². The minimum atomic E-state index is 0.280. The number of hydrogen-bond acceptors (Lipinski definition) is 3. The third-order valence-electron chi connectivity index (χ3n) is 4.17. The van der Waals surface area contributed by atoms with E-state index < -0.39 is 0 Å². The van der Waals surface area contributed by atoms with Crippen LogP contribution in [0, 0.1) is 0 Å². The number of methoxy groups -OCH3 is 1. The van der Waals surface area contributed by atoms with Crippen LogP contribution in [0.25, 0.3) is 6.08 Å². The van der Waals surface area contributed by atoms with E-state index in [9.17, 15) is 0 Å². The summed E-state index contributed by atoms with van der Waals surface area (Å²) >= 11 is 0. The predicted molar refractivity (Wildman–Crippen MR) is 93.6 cm³/mol. The van der Waals surface area contributed by atoms with Gasteiger partial charge in [0.15, 0.2) is 0 Å². The molecule has 1 saturated heterocycles. The lowest BCUT2D eigenvalue weighted by Crippen LogP contribution is -2.38. The Morgan fingerprint density at radius 1 is 1.00 bits per heavy atom. The van der Waals surface area contributed by atoms with Gasteiger partial charge in [0.1, 0.15) is 5.75 Å². The summed E-state index contributed by atoms with van der Waals surface area (Å²) in [4.78, 5) is 2.47. The van der Waals surface area contributed by atoms with Crippen molar-refractivity contribution in [3.63, 3.8) is 0 Å². The molecule has 0 bridgehead atoms. The van der Waals surface area contributed by atoms with Crippen LogP contribution in [0.1, 0.15) is 17.2 Å². The zero-order valence-electron chi connectivity index (χ0n) is 13.5. The van der Waals surface area contributed by atoms with Crippen molar-refractivity contribution in [3.05, 3.63) is 71.8 Å². The highest BCUT2D eigenvalue weighted by Crippen LogP contribution is 2.24. The summed E-state index contributed by atoms with van der Waals surface area (Å²) in [6.07, 6.45) is 4.47. The number of rotatable bonds is 5. The molecule has 120 valence electrons. The van der Waals surface area contributed by atoms with E-state index in [4.69, 9.17) is 9.47 Å². The SMILES string of the molecule is COc1ccc(/C=C\C(c2ccccc2)N2CCOCC2)cc1. The summed E-state index contributed by atoms with van der Waals surface area (Å²) in [6, 6.07) is 19.1. The van der Waals surface area contributed by atoms with E-state index in [1.165, 1.54) is 11.1 Å². The van der Waals surface area contributed by atoms with E-state index in [1.54, 1.807) is 7.11 Å². The molecule has 0 radical (unpaired) electrons. The first-order valence-electron chi connectivity index (χ1n) is 8.06. The van der Waals surface area contributed by atoms with Crippen molar-refractivity contribution in [2.75, 3.05) is 33.4 Å². The average Bonchev–Trinajstić information content (AvgIpc) is 2.64. The molecule has 1 fully saturated rings. The Balaban J connectivity index is 1.81. The van der Waals surface area contributed by atoms with Crippen molar-refractivity contribution in [2.45, 2.75) is 6.04 Å². The van der Waals surface area contributed by atoms with E-state index in [0.717, 1.165) is 32.1 Å². The highest BCUT2D eigenvalue weighted by molar-refractivity contribution is 5.52. The standard InChI is InChI=1S/C20H23NO2/c1-22-19-10-7-17(8-11-19)9-12-20(18-5-3-2-4-6-18)21-13-15-23-16-14-21/h2-12,20H,13-16H2,1H3/b12-9-. The largest absolute Gasteiger partial charge is 0.497 e. The van der Waals surface area contributed by atoms with Crippen LogP contribution in [0.4, 0.5) is 0 Å². The smallest absolute Gasteiger partial charge is 0.118 e.